The van der Waals surface area contributed by atoms with Crippen LogP contribution >= 0.6 is 0 Å². The molecule has 0 saturated carbocycles. The third kappa shape index (κ3) is 3.99. The van der Waals surface area contributed by atoms with Crippen molar-refractivity contribution in [3.05, 3.63) is 42.1 Å². The predicted octanol–water partition coefficient (Wildman–Crippen LogP) is 2.21. The third-order valence-electron chi connectivity index (χ3n) is 4.42. The van der Waals surface area contributed by atoms with Crippen LogP contribution < -0.4 is 15.1 Å². The van der Waals surface area contributed by atoms with E-state index in [1.165, 1.54) is 0 Å². The van der Waals surface area contributed by atoms with E-state index in [1.807, 2.05) is 61.2 Å². The van der Waals surface area contributed by atoms with Crippen LogP contribution in [0.4, 0.5) is 22.0 Å². The molecule has 2 aromatic rings. The zero-order chi connectivity index (χ0) is 17.8. The van der Waals surface area contributed by atoms with Crippen LogP contribution in [0.15, 0.2) is 36.5 Å². The highest BCUT2D eigenvalue weighted by Crippen LogP contribution is 2.19. The Balaban J connectivity index is 1.59. The lowest BCUT2D eigenvalue weighted by molar-refractivity contribution is 0.208. The van der Waals surface area contributed by atoms with E-state index in [1.54, 1.807) is 6.20 Å². The molecule has 0 aliphatic carbocycles. The van der Waals surface area contributed by atoms with E-state index in [4.69, 9.17) is 0 Å². The Morgan fingerprint density at radius 2 is 1.88 bits per heavy atom. The van der Waals surface area contributed by atoms with Gasteiger partial charge in [-0.25, -0.2) is 4.79 Å². The quantitative estimate of drug-likeness (QED) is 0.928. The van der Waals surface area contributed by atoms with Gasteiger partial charge in [0.25, 0.3) is 0 Å². The lowest BCUT2D eigenvalue weighted by Gasteiger charge is -2.35. The molecule has 1 N–H and O–H groups in total. The maximum Gasteiger partial charge on any atom is 0.321 e. The smallest absolute Gasteiger partial charge is 0.321 e. The van der Waals surface area contributed by atoms with Crippen molar-refractivity contribution >= 4 is 23.2 Å². The number of amides is 2. The highest BCUT2D eigenvalue weighted by molar-refractivity contribution is 5.90. The lowest BCUT2D eigenvalue weighted by Crippen LogP contribution is -2.50. The molecule has 7 heteroatoms. The zero-order valence-corrected chi connectivity index (χ0v) is 14.9. The van der Waals surface area contributed by atoms with Crippen LogP contribution in [0, 0.1) is 6.92 Å². The van der Waals surface area contributed by atoms with Gasteiger partial charge in [0.05, 0.1) is 11.9 Å². The number of aromatic nitrogens is 2. The molecule has 1 aromatic carbocycles. The normalized spacial score (nSPS) is 14.4. The molecular weight excluding hydrogens is 316 g/mol. The van der Waals surface area contributed by atoms with Gasteiger partial charge in [0.1, 0.15) is 0 Å². The Morgan fingerprint density at radius 3 is 2.56 bits per heavy atom. The zero-order valence-electron chi connectivity index (χ0n) is 14.9. The number of carbonyl (C=O) groups is 1. The van der Waals surface area contributed by atoms with E-state index < -0.39 is 0 Å². The SMILES string of the molecule is Cc1ccccc1NC(=O)N1CCN(c2cc(N(C)C)cnn2)CC1. The van der Waals surface area contributed by atoms with Gasteiger partial charge in [0.15, 0.2) is 5.82 Å². The van der Waals surface area contributed by atoms with Gasteiger partial charge in [-0.2, -0.15) is 5.10 Å². The number of para-hydroxylation sites is 1. The molecular formula is C18H24N6O. The lowest BCUT2D eigenvalue weighted by atomic mass is 10.2. The second kappa shape index (κ2) is 7.38. The highest BCUT2D eigenvalue weighted by atomic mass is 16.2. The first-order valence-electron chi connectivity index (χ1n) is 8.41. The summed E-state index contributed by atoms with van der Waals surface area (Å²) in [5.74, 6) is 0.852. The predicted molar refractivity (Wildman–Crippen MR) is 100 cm³/mol. The maximum atomic E-state index is 12.5. The fourth-order valence-electron chi connectivity index (χ4n) is 2.79. The van der Waals surface area contributed by atoms with Gasteiger partial charge >= 0.3 is 6.03 Å². The van der Waals surface area contributed by atoms with Gasteiger partial charge in [-0.3, -0.25) is 0 Å². The van der Waals surface area contributed by atoms with E-state index in [9.17, 15) is 4.79 Å². The van der Waals surface area contributed by atoms with Crippen molar-refractivity contribution in [3.8, 4) is 0 Å². The van der Waals surface area contributed by atoms with Crippen molar-refractivity contribution in [1.29, 1.82) is 0 Å². The van der Waals surface area contributed by atoms with Crippen molar-refractivity contribution < 1.29 is 4.79 Å². The van der Waals surface area contributed by atoms with Crippen LogP contribution in [0.3, 0.4) is 0 Å². The number of nitrogens with one attached hydrogen (secondary N) is 1. The number of carbonyl (C=O) groups excluding carboxylic acids is 1. The monoisotopic (exact) mass is 340 g/mol. The number of nitrogens with zero attached hydrogens (tertiary/aromatic N) is 5. The van der Waals surface area contributed by atoms with Gasteiger partial charge in [0, 0.05) is 52.0 Å². The van der Waals surface area contributed by atoms with Crippen LogP contribution in [-0.2, 0) is 0 Å². The molecule has 0 unspecified atom stereocenters. The first kappa shape index (κ1) is 17.0. The average Bonchev–Trinajstić information content (AvgIpc) is 2.64. The van der Waals surface area contributed by atoms with Gasteiger partial charge in [-0.15, -0.1) is 5.10 Å². The first-order valence-corrected chi connectivity index (χ1v) is 8.41. The molecule has 0 radical (unpaired) electrons. The van der Waals surface area contributed by atoms with Crippen LogP contribution in [-0.4, -0.2) is 61.4 Å². The molecule has 7 nitrogen and oxygen atoms in total. The number of benzene rings is 1. The molecule has 0 spiro atoms. The first-order chi connectivity index (χ1) is 12.0. The molecule has 1 fully saturated rings. The number of hydrogen-bond donors (Lipinski definition) is 1. The van der Waals surface area contributed by atoms with Crippen molar-refractivity contribution in [1.82, 2.24) is 15.1 Å². The maximum absolute atomic E-state index is 12.5. The van der Waals surface area contributed by atoms with Crippen LogP contribution in [0.5, 0.6) is 0 Å². The number of piperazine rings is 1. The number of aryl methyl sites for hydroxylation is 1. The third-order valence-corrected chi connectivity index (χ3v) is 4.42. The number of hydrogen-bond acceptors (Lipinski definition) is 5. The molecule has 3 rings (SSSR count). The summed E-state index contributed by atoms with van der Waals surface area (Å²) >= 11 is 0. The summed E-state index contributed by atoms with van der Waals surface area (Å²) < 4.78 is 0. The summed E-state index contributed by atoms with van der Waals surface area (Å²) in [5, 5.41) is 11.3. The fraction of sp³-hybridized carbons (Fsp3) is 0.389. The average molecular weight is 340 g/mol. The van der Waals surface area contributed by atoms with Gasteiger partial charge in [0.2, 0.25) is 0 Å². The largest absolute Gasteiger partial charge is 0.376 e. The number of anilines is 3. The molecule has 2 heterocycles. The summed E-state index contributed by atoms with van der Waals surface area (Å²) in [6.07, 6.45) is 1.75. The van der Waals surface area contributed by atoms with Gasteiger partial charge < -0.3 is 20.0 Å². The van der Waals surface area contributed by atoms with Gasteiger partial charge in [-0.05, 0) is 18.6 Å². The van der Waals surface area contributed by atoms with Crippen molar-refractivity contribution in [2.75, 3.05) is 55.4 Å². The second-order valence-corrected chi connectivity index (χ2v) is 6.39. The number of urea groups is 1. The Hall–Kier alpha value is -2.83. The van der Waals surface area contributed by atoms with Crippen molar-refractivity contribution in [2.45, 2.75) is 6.92 Å². The minimum atomic E-state index is -0.0536. The molecule has 25 heavy (non-hydrogen) atoms. The van der Waals surface area contributed by atoms with E-state index in [2.05, 4.69) is 20.4 Å². The summed E-state index contributed by atoms with van der Waals surface area (Å²) in [6, 6.07) is 9.78. The molecule has 1 aliphatic heterocycles. The molecule has 132 valence electrons. The van der Waals surface area contributed by atoms with Gasteiger partial charge in [-0.1, -0.05) is 18.2 Å². The molecule has 1 aliphatic rings. The molecule has 1 saturated heterocycles. The summed E-state index contributed by atoms with van der Waals surface area (Å²) in [6.45, 7) is 4.79. The summed E-state index contributed by atoms with van der Waals surface area (Å²) in [4.78, 5) is 18.5. The minimum absolute atomic E-state index is 0.0536. The van der Waals surface area contributed by atoms with Crippen LogP contribution in [0.25, 0.3) is 0 Å². The Kier molecular flexibility index (Phi) is 5.02. The highest BCUT2D eigenvalue weighted by Gasteiger charge is 2.22. The number of rotatable bonds is 3. The summed E-state index contributed by atoms with van der Waals surface area (Å²) in [7, 11) is 3.96. The van der Waals surface area contributed by atoms with Crippen LogP contribution in [0.2, 0.25) is 0 Å². The summed E-state index contributed by atoms with van der Waals surface area (Å²) in [5.41, 5.74) is 2.94. The van der Waals surface area contributed by atoms with Crippen molar-refractivity contribution in [2.24, 2.45) is 0 Å². The van der Waals surface area contributed by atoms with E-state index in [0.29, 0.717) is 13.1 Å². The van der Waals surface area contributed by atoms with E-state index in [0.717, 1.165) is 35.8 Å². The van der Waals surface area contributed by atoms with Crippen LogP contribution in [0.1, 0.15) is 5.56 Å². The Bertz CT molecular complexity index is 740. The van der Waals surface area contributed by atoms with Crippen molar-refractivity contribution in [3.63, 3.8) is 0 Å². The minimum Gasteiger partial charge on any atom is -0.376 e. The molecule has 0 bridgehead atoms. The topological polar surface area (TPSA) is 64.6 Å². The molecule has 2 amide bonds. The van der Waals surface area contributed by atoms with E-state index >= 15 is 0 Å². The Labute approximate surface area is 148 Å². The molecule has 0 atom stereocenters. The Morgan fingerprint density at radius 1 is 1.16 bits per heavy atom. The fourth-order valence-corrected chi connectivity index (χ4v) is 2.79. The second-order valence-electron chi connectivity index (χ2n) is 6.39. The van der Waals surface area contributed by atoms with E-state index in [-0.39, 0.29) is 6.03 Å². The molecule has 1 aromatic heterocycles. The standard InChI is InChI=1S/C18H24N6O/c1-14-6-4-5-7-16(14)20-18(25)24-10-8-23(9-11-24)17-12-15(22(2)3)13-19-21-17/h4-7,12-13H,8-11H2,1-3H3,(H,20,25).